The number of sulfonamides is 1. The molecule has 0 aliphatic carbocycles. The standard InChI is InChI=1S/C21H23N3O4S/c1-2-24-14-18(13-22-24)29(25,26)23-11-10-19(16-6-4-3-5-7-16)17-8-9-20-21(12-17)28-15-27-20/h3-9,12-14,19,23H,2,10-11,15H2,1H3/t19-/m0/s1. The van der Waals surface area contributed by atoms with Gasteiger partial charge in [0.05, 0.1) is 6.20 Å². The van der Waals surface area contributed by atoms with Crippen LogP contribution in [0.1, 0.15) is 30.4 Å². The maximum atomic E-state index is 12.6. The second-order valence-electron chi connectivity index (χ2n) is 6.79. The zero-order valence-corrected chi connectivity index (χ0v) is 16.9. The molecule has 7 nitrogen and oxygen atoms in total. The van der Waals surface area contributed by atoms with Gasteiger partial charge in [-0.2, -0.15) is 5.10 Å². The summed E-state index contributed by atoms with van der Waals surface area (Å²) >= 11 is 0. The van der Waals surface area contributed by atoms with Crippen LogP contribution in [0.3, 0.4) is 0 Å². The van der Waals surface area contributed by atoms with Crippen molar-refractivity contribution in [2.45, 2.75) is 30.7 Å². The third kappa shape index (κ3) is 4.28. The molecule has 3 aromatic rings. The fourth-order valence-corrected chi connectivity index (χ4v) is 4.42. The Morgan fingerprint density at radius 3 is 2.66 bits per heavy atom. The molecule has 2 aromatic carbocycles. The van der Waals surface area contributed by atoms with Gasteiger partial charge in [0.15, 0.2) is 11.5 Å². The van der Waals surface area contributed by atoms with Crippen LogP contribution in [0.15, 0.2) is 65.8 Å². The lowest BCUT2D eigenvalue weighted by molar-refractivity contribution is 0.174. The molecule has 0 amide bonds. The van der Waals surface area contributed by atoms with Crippen LogP contribution in [0.4, 0.5) is 0 Å². The minimum atomic E-state index is -3.60. The average Bonchev–Trinajstić information content (AvgIpc) is 3.41. The molecule has 8 heteroatoms. The lowest BCUT2D eigenvalue weighted by atomic mass is 9.88. The van der Waals surface area contributed by atoms with Crippen LogP contribution in [-0.2, 0) is 16.6 Å². The van der Waals surface area contributed by atoms with Gasteiger partial charge in [-0.15, -0.1) is 0 Å². The largest absolute Gasteiger partial charge is 0.454 e. The third-order valence-electron chi connectivity index (χ3n) is 4.97. The number of benzene rings is 2. The first-order chi connectivity index (χ1) is 14.1. The molecule has 2 heterocycles. The minimum Gasteiger partial charge on any atom is -0.454 e. The summed E-state index contributed by atoms with van der Waals surface area (Å²) in [5, 5.41) is 4.04. The van der Waals surface area contributed by atoms with E-state index in [0.717, 1.165) is 22.6 Å². The highest BCUT2D eigenvalue weighted by Crippen LogP contribution is 2.37. The SMILES string of the molecule is CCn1cc(S(=O)(=O)NCC[C@@H](c2ccccc2)c2ccc3c(c2)OCO3)cn1. The number of aromatic nitrogens is 2. The smallest absolute Gasteiger partial charge is 0.243 e. The molecule has 0 radical (unpaired) electrons. The quantitative estimate of drug-likeness (QED) is 0.614. The highest BCUT2D eigenvalue weighted by Gasteiger charge is 2.21. The van der Waals surface area contributed by atoms with E-state index in [1.54, 1.807) is 4.68 Å². The molecule has 1 aliphatic heterocycles. The summed E-state index contributed by atoms with van der Waals surface area (Å²) in [7, 11) is -3.60. The van der Waals surface area contributed by atoms with Crippen LogP contribution < -0.4 is 14.2 Å². The lowest BCUT2D eigenvalue weighted by Crippen LogP contribution is -2.26. The Labute approximate surface area is 170 Å². The number of nitrogens with zero attached hydrogens (tertiary/aromatic N) is 2. The Bertz CT molecular complexity index is 1080. The van der Waals surface area contributed by atoms with Crippen LogP contribution >= 0.6 is 0 Å². The molecule has 0 bridgehead atoms. The van der Waals surface area contributed by atoms with E-state index in [9.17, 15) is 8.42 Å². The molecule has 29 heavy (non-hydrogen) atoms. The van der Waals surface area contributed by atoms with Gasteiger partial charge in [0.2, 0.25) is 16.8 Å². The van der Waals surface area contributed by atoms with Crippen molar-refractivity contribution < 1.29 is 17.9 Å². The Morgan fingerprint density at radius 2 is 1.90 bits per heavy atom. The van der Waals surface area contributed by atoms with Crippen LogP contribution in [0.2, 0.25) is 0 Å². The van der Waals surface area contributed by atoms with Gasteiger partial charge in [0.1, 0.15) is 4.90 Å². The predicted molar refractivity (Wildman–Crippen MR) is 109 cm³/mol. The molecule has 1 aromatic heterocycles. The first-order valence-corrected chi connectivity index (χ1v) is 11.0. The summed E-state index contributed by atoms with van der Waals surface area (Å²) in [6, 6.07) is 15.9. The van der Waals surface area contributed by atoms with E-state index in [0.29, 0.717) is 19.5 Å². The maximum Gasteiger partial charge on any atom is 0.243 e. The van der Waals surface area contributed by atoms with E-state index < -0.39 is 10.0 Å². The molecule has 1 atom stereocenters. The van der Waals surface area contributed by atoms with Crippen molar-refractivity contribution in [2.75, 3.05) is 13.3 Å². The average molecular weight is 413 g/mol. The molecule has 0 saturated carbocycles. The number of hydrogen-bond acceptors (Lipinski definition) is 5. The van der Waals surface area contributed by atoms with Crippen molar-refractivity contribution in [2.24, 2.45) is 0 Å². The minimum absolute atomic E-state index is 0.0202. The normalized spacial score (nSPS) is 14.1. The van der Waals surface area contributed by atoms with E-state index in [2.05, 4.69) is 22.0 Å². The summed E-state index contributed by atoms with van der Waals surface area (Å²) in [6.45, 7) is 3.05. The first kappa shape index (κ1) is 19.5. The molecule has 1 N–H and O–H groups in total. The molecule has 1 aliphatic rings. The van der Waals surface area contributed by atoms with Gasteiger partial charge in [0, 0.05) is 25.2 Å². The topological polar surface area (TPSA) is 82.5 Å². The monoisotopic (exact) mass is 413 g/mol. The second-order valence-corrected chi connectivity index (χ2v) is 8.56. The van der Waals surface area contributed by atoms with Gasteiger partial charge in [0.25, 0.3) is 0 Å². The van der Waals surface area contributed by atoms with Crippen LogP contribution in [0.5, 0.6) is 11.5 Å². The molecule has 4 rings (SSSR count). The van der Waals surface area contributed by atoms with Gasteiger partial charge in [-0.05, 0) is 36.6 Å². The fourth-order valence-electron chi connectivity index (χ4n) is 3.42. The maximum absolute atomic E-state index is 12.6. The predicted octanol–water partition coefficient (Wildman–Crippen LogP) is 3.13. The van der Waals surface area contributed by atoms with Gasteiger partial charge in [-0.25, -0.2) is 13.1 Å². The highest BCUT2D eigenvalue weighted by atomic mass is 32.2. The number of aryl methyl sites for hydroxylation is 1. The summed E-state index contributed by atoms with van der Waals surface area (Å²) in [5.74, 6) is 1.47. The van der Waals surface area contributed by atoms with Gasteiger partial charge >= 0.3 is 0 Å². The molecule has 0 fully saturated rings. The number of hydrogen-bond donors (Lipinski definition) is 1. The van der Waals surface area contributed by atoms with E-state index in [1.807, 2.05) is 43.3 Å². The first-order valence-electron chi connectivity index (χ1n) is 9.53. The van der Waals surface area contributed by atoms with Crippen molar-refractivity contribution in [1.82, 2.24) is 14.5 Å². The van der Waals surface area contributed by atoms with Crippen molar-refractivity contribution in [3.63, 3.8) is 0 Å². The van der Waals surface area contributed by atoms with Gasteiger partial charge in [-0.1, -0.05) is 36.4 Å². The van der Waals surface area contributed by atoms with Gasteiger partial charge in [-0.3, -0.25) is 4.68 Å². The van der Waals surface area contributed by atoms with Crippen molar-refractivity contribution in [3.8, 4) is 11.5 Å². The van der Waals surface area contributed by atoms with Crippen molar-refractivity contribution >= 4 is 10.0 Å². The van der Waals surface area contributed by atoms with Crippen LogP contribution in [0, 0.1) is 0 Å². The molecule has 0 saturated heterocycles. The summed E-state index contributed by atoms with van der Waals surface area (Å²) in [4.78, 5) is 0.179. The third-order valence-corrected chi connectivity index (χ3v) is 6.39. The number of nitrogens with one attached hydrogen (secondary N) is 1. The summed E-state index contributed by atoms with van der Waals surface area (Å²) in [6.07, 6.45) is 3.51. The zero-order valence-electron chi connectivity index (χ0n) is 16.1. The molecule has 0 spiro atoms. The Morgan fingerprint density at radius 1 is 1.10 bits per heavy atom. The molecular weight excluding hydrogens is 390 g/mol. The summed E-state index contributed by atoms with van der Waals surface area (Å²) < 4.78 is 40.3. The molecular formula is C21H23N3O4S. The highest BCUT2D eigenvalue weighted by molar-refractivity contribution is 7.89. The van der Waals surface area contributed by atoms with E-state index >= 15 is 0 Å². The van der Waals surface area contributed by atoms with E-state index in [1.165, 1.54) is 12.4 Å². The summed E-state index contributed by atoms with van der Waals surface area (Å²) in [5.41, 5.74) is 2.17. The number of rotatable bonds is 8. The number of fused-ring (bicyclic) bond motifs is 1. The zero-order chi connectivity index (χ0) is 20.3. The van der Waals surface area contributed by atoms with Gasteiger partial charge < -0.3 is 9.47 Å². The Kier molecular flexibility index (Phi) is 5.55. The molecule has 0 unspecified atom stereocenters. The Hall–Kier alpha value is -2.84. The second kappa shape index (κ2) is 8.26. The van der Waals surface area contributed by atoms with Crippen LogP contribution in [0.25, 0.3) is 0 Å². The molecule has 152 valence electrons. The van der Waals surface area contributed by atoms with E-state index in [-0.39, 0.29) is 17.6 Å². The lowest BCUT2D eigenvalue weighted by Gasteiger charge is -2.19. The Balaban J connectivity index is 1.52. The van der Waals surface area contributed by atoms with Crippen LogP contribution in [-0.4, -0.2) is 31.5 Å². The van der Waals surface area contributed by atoms with Crippen molar-refractivity contribution in [3.05, 3.63) is 72.1 Å². The van der Waals surface area contributed by atoms with Crippen molar-refractivity contribution in [1.29, 1.82) is 0 Å². The van der Waals surface area contributed by atoms with E-state index in [4.69, 9.17) is 9.47 Å². The fraction of sp³-hybridized carbons (Fsp3) is 0.286. The number of ether oxygens (including phenoxy) is 2.